The van der Waals surface area contributed by atoms with Crippen LogP contribution in [-0.4, -0.2) is 22.7 Å². The van der Waals surface area contributed by atoms with Crippen LogP contribution in [0.1, 0.15) is 13.3 Å². The Balaban J connectivity index is 3.89. The summed E-state index contributed by atoms with van der Waals surface area (Å²) in [5, 5.41) is 9.13. The van der Waals surface area contributed by atoms with Gasteiger partial charge in [0.2, 0.25) is 0 Å². The largest absolute Gasteiger partial charge is 0.350 e. The summed E-state index contributed by atoms with van der Waals surface area (Å²) in [6.07, 6.45) is 0.538. The lowest BCUT2D eigenvalue weighted by atomic mass is 10.5. The van der Waals surface area contributed by atoms with Gasteiger partial charge >= 0.3 is 11.1 Å². The maximum Gasteiger partial charge on any atom is 0.338 e. The first-order chi connectivity index (χ1) is 5.07. The Morgan fingerprint density at radius 3 is 2.64 bits per heavy atom. The number of nitrogens with zero attached hydrogens (tertiary/aromatic N) is 2. The number of hydrogen-bond donors (Lipinski definition) is 1. The highest BCUT2D eigenvalue weighted by Gasteiger charge is 2.11. The van der Waals surface area contributed by atoms with Gasteiger partial charge in [0, 0.05) is 0 Å². The average Bonchev–Trinajstić information content (AvgIpc) is 1.86. The van der Waals surface area contributed by atoms with Crippen LogP contribution in [0.25, 0.3) is 0 Å². The third-order valence-electron chi connectivity index (χ3n) is 0.838. The van der Waals surface area contributed by atoms with E-state index in [-0.39, 0.29) is 6.54 Å². The minimum atomic E-state index is -1.08. The van der Waals surface area contributed by atoms with Crippen LogP contribution in [0.2, 0.25) is 0 Å². The van der Waals surface area contributed by atoms with Gasteiger partial charge in [-0.25, -0.2) is 4.79 Å². The maximum absolute atomic E-state index is 10.3. The van der Waals surface area contributed by atoms with Crippen molar-refractivity contribution in [2.24, 2.45) is 5.73 Å². The lowest BCUT2D eigenvalue weighted by Crippen LogP contribution is -2.37. The number of carbonyl (C=O) groups excluding carboxylic acids is 1. The molecule has 0 saturated heterocycles. The number of primary amides is 1. The van der Waals surface area contributed by atoms with Crippen LogP contribution in [0.4, 0.5) is 4.79 Å². The van der Waals surface area contributed by atoms with Crippen molar-refractivity contribution in [1.82, 2.24) is 5.06 Å². The number of nitrogens with two attached hydrogens (primary N) is 1. The second kappa shape index (κ2) is 4.31. The van der Waals surface area contributed by atoms with E-state index in [0.29, 0.717) is 11.5 Å². The van der Waals surface area contributed by atoms with Gasteiger partial charge in [0.15, 0.2) is 0 Å². The summed E-state index contributed by atoms with van der Waals surface area (Å²) in [7, 11) is 0. The van der Waals surface area contributed by atoms with Crippen LogP contribution < -0.4 is 5.73 Å². The molecule has 0 atom stereocenters. The third kappa shape index (κ3) is 3.95. The van der Waals surface area contributed by atoms with E-state index in [1.54, 1.807) is 6.92 Å². The normalized spacial score (nSPS) is 8.82. The minimum Gasteiger partial charge on any atom is -0.350 e. The van der Waals surface area contributed by atoms with Gasteiger partial charge in [-0.2, -0.15) is 10.0 Å². The molecule has 0 fully saturated rings. The molecule has 2 N–H and O–H groups in total. The van der Waals surface area contributed by atoms with Gasteiger partial charge in [0.1, 0.15) is 0 Å². The number of rotatable bonds is 4. The number of amides is 2. The Kier molecular flexibility index (Phi) is 3.71. The highest BCUT2D eigenvalue weighted by atomic mass is 17.0. The van der Waals surface area contributed by atoms with Crippen LogP contribution in [0.3, 0.4) is 0 Å². The molecule has 0 aromatic rings. The number of hydrogen-bond acceptors (Lipinski definition) is 4. The standard InChI is InChI=1S/C4H9N3O4/c1-2-3-6(4(5)8)11-7(9)10/h2-3H2,1H3,(H2,5,8). The smallest absolute Gasteiger partial charge is 0.338 e. The predicted molar refractivity (Wildman–Crippen MR) is 34.7 cm³/mol. The predicted octanol–water partition coefficient (Wildman–Crippen LogP) is -0.0996. The van der Waals surface area contributed by atoms with E-state index >= 15 is 0 Å². The molecule has 64 valence electrons. The fourth-order valence-electron chi connectivity index (χ4n) is 0.475. The molecule has 0 aromatic heterocycles. The van der Waals surface area contributed by atoms with Crippen molar-refractivity contribution >= 4 is 6.03 Å². The molecule has 2 amide bonds. The molecule has 0 aliphatic rings. The van der Waals surface area contributed by atoms with Gasteiger partial charge in [-0.3, -0.25) is 0 Å². The molecule has 0 aromatic carbocycles. The second-order valence-electron chi connectivity index (χ2n) is 1.75. The van der Waals surface area contributed by atoms with Crippen molar-refractivity contribution < 1.29 is 14.8 Å². The maximum atomic E-state index is 10.3. The first-order valence-corrected chi connectivity index (χ1v) is 2.97. The number of carbonyl (C=O) groups is 1. The second-order valence-corrected chi connectivity index (χ2v) is 1.75. The van der Waals surface area contributed by atoms with E-state index in [2.05, 4.69) is 4.94 Å². The Bertz CT molecular complexity index is 159. The SMILES string of the molecule is CCCN(O[N+](=O)[O-])C(N)=O. The van der Waals surface area contributed by atoms with Crippen molar-refractivity contribution in [2.45, 2.75) is 13.3 Å². The van der Waals surface area contributed by atoms with E-state index < -0.39 is 11.1 Å². The van der Waals surface area contributed by atoms with Gasteiger partial charge < -0.3 is 5.73 Å². The van der Waals surface area contributed by atoms with Gasteiger partial charge in [0.25, 0.3) is 0 Å². The van der Waals surface area contributed by atoms with E-state index in [9.17, 15) is 14.9 Å². The summed E-state index contributed by atoms with van der Waals surface area (Å²) < 4.78 is 0. The van der Waals surface area contributed by atoms with Gasteiger partial charge in [-0.1, -0.05) is 6.92 Å². The molecule has 7 nitrogen and oxygen atoms in total. The molecule has 0 saturated carbocycles. The quantitative estimate of drug-likeness (QED) is 0.462. The number of hydroxylamine groups is 2. The van der Waals surface area contributed by atoms with Crippen molar-refractivity contribution in [3.8, 4) is 0 Å². The molecule has 7 heteroatoms. The zero-order valence-corrected chi connectivity index (χ0v) is 6.02. The lowest BCUT2D eigenvalue weighted by Gasteiger charge is -2.13. The Morgan fingerprint density at radius 1 is 1.82 bits per heavy atom. The molecule has 0 rings (SSSR count). The first-order valence-electron chi connectivity index (χ1n) is 2.97. The summed E-state index contributed by atoms with van der Waals surface area (Å²) in [4.78, 5) is 23.9. The molecular formula is C4H9N3O4. The van der Waals surface area contributed by atoms with Crippen LogP contribution in [0.15, 0.2) is 0 Å². The topological polar surface area (TPSA) is 98.7 Å². The fraction of sp³-hybridized carbons (Fsp3) is 0.750. The molecule has 0 radical (unpaired) electrons. The molecular weight excluding hydrogens is 154 g/mol. The molecule has 0 bridgehead atoms. The van der Waals surface area contributed by atoms with E-state index in [1.807, 2.05) is 0 Å². The summed E-state index contributed by atoms with van der Waals surface area (Å²) in [5.41, 5.74) is 4.73. The first kappa shape index (κ1) is 9.47. The van der Waals surface area contributed by atoms with E-state index in [1.165, 1.54) is 0 Å². The van der Waals surface area contributed by atoms with Crippen molar-refractivity contribution in [3.63, 3.8) is 0 Å². The zero-order valence-electron chi connectivity index (χ0n) is 6.02. The number of urea groups is 1. The molecule has 0 heterocycles. The van der Waals surface area contributed by atoms with Crippen LogP contribution in [0, 0.1) is 10.1 Å². The van der Waals surface area contributed by atoms with Crippen molar-refractivity contribution in [2.75, 3.05) is 6.54 Å². The van der Waals surface area contributed by atoms with Crippen LogP contribution in [0.5, 0.6) is 0 Å². The molecule has 0 spiro atoms. The summed E-state index contributed by atoms with van der Waals surface area (Å²) in [6, 6.07) is -0.969. The molecule has 0 aliphatic carbocycles. The molecule has 0 aliphatic heterocycles. The van der Waals surface area contributed by atoms with E-state index in [0.717, 1.165) is 0 Å². The lowest BCUT2D eigenvalue weighted by molar-refractivity contribution is -0.803. The van der Waals surface area contributed by atoms with E-state index in [4.69, 9.17) is 5.73 Å². The zero-order chi connectivity index (χ0) is 8.85. The fourth-order valence-corrected chi connectivity index (χ4v) is 0.475. The third-order valence-corrected chi connectivity index (χ3v) is 0.838. The molecule has 0 unspecified atom stereocenters. The minimum absolute atomic E-state index is 0.107. The van der Waals surface area contributed by atoms with Gasteiger partial charge in [0.05, 0.1) is 6.54 Å². The molecule has 11 heavy (non-hydrogen) atoms. The highest BCUT2D eigenvalue weighted by Crippen LogP contribution is 1.91. The Morgan fingerprint density at radius 2 is 2.36 bits per heavy atom. The van der Waals surface area contributed by atoms with Crippen LogP contribution >= 0.6 is 0 Å². The van der Waals surface area contributed by atoms with Gasteiger partial charge in [-0.15, -0.1) is 10.1 Å². The van der Waals surface area contributed by atoms with Gasteiger partial charge in [-0.05, 0) is 6.42 Å². The van der Waals surface area contributed by atoms with Crippen LogP contribution in [-0.2, 0) is 4.94 Å². The highest BCUT2D eigenvalue weighted by molar-refractivity contribution is 5.70. The summed E-state index contributed by atoms with van der Waals surface area (Å²) in [6.45, 7) is 1.84. The van der Waals surface area contributed by atoms with Crippen molar-refractivity contribution in [1.29, 1.82) is 0 Å². The average molecular weight is 163 g/mol. The Hall–Kier alpha value is -1.53. The van der Waals surface area contributed by atoms with Crippen molar-refractivity contribution in [3.05, 3.63) is 10.1 Å². The monoisotopic (exact) mass is 163 g/mol. The Labute approximate surface area is 62.8 Å². The summed E-state index contributed by atoms with van der Waals surface area (Å²) >= 11 is 0. The summed E-state index contributed by atoms with van der Waals surface area (Å²) in [5.74, 6) is 0.